The second-order valence-electron chi connectivity index (χ2n) is 5.99. The number of esters is 1. The first kappa shape index (κ1) is 20.9. The number of carbonyl (C=O) groups is 2. The summed E-state index contributed by atoms with van der Waals surface area (Å²) in [5.74, 6) is -0.129. The molecule has 0 radical (unpaired) electrons. The van der Waals surface area contributed by atoms with Crippen LogP contribution in [0.3, 0.4) is 0 Å². The van der Waals surface area contributed by atoms with Gasteiger partial charge in [-0.15, -0.1) is 0 Å². The first-order valence-electron chi connectivity index (χ1n) is 9.07. The predicted octanol–water partition coefficient (Wildman–Crippen LogP) is 4.37. The third kappa shape index (κ3) is 17.0. The van der Waals surface area contributed by atoms with Gasteiger partial charge < -0.3 is 10.1 Å². The zero-order valence-corrected chi connectivity index (χ0v) is 14.6. The molecular formula is C18H35NO3. The van der Waals surface area contributed by atoms with E-state index in [1.165, 1.54) is 51.9 Å². The monoisotopic (exact) mass is 313 g/mol. The van der Waals surface area contributed by atoms with Crippen molar-refractivity contribution >= 4 is 11.9 Å². The summed E-state index contributed by atoms with van der Waals surface area (Å²) in [7, 11) is 0. The molecule has 0 aliphatic carbocycles. The fourth-order valence-electron chi connectivity index (χ4n) is 2.33. The molecule has 0 unspecified atom stereocenters. The van der Waals surface area contributed by atoms with Gasteiger partial charge in [-0.2, -0.15) is 0 Å². The van der Waals surface area contributed by atoms with Crippen molar-refractivity contribution in [3.05, 3.63) is 0 Å². The summed E-state index contributed by atoms with van der Waals surface area (Å²) >= 11 is 0. The highest BCUT2D eigenvalue weighted by Crippen LogP contribution is 2.09. The van der Waals surface area contributed by atoms with Crippen LogP contribution >= 0.6 is 0 Å². The quantitative estimate of drug-likeness (QED) is 0.361. The predicted molar refractivity (Wildman–Crippen MR) is 90.7 cm³/mol. The number of nitrogens with one attached hydrogen (secondary N) is 1. The van der Waals surface area contributed by atoms with Crippen LogP contribution in [0.2, 0.25) is 0 Å². The fourth-order valence-corrected chi connectivity index (χ4v) is 2.33. The maximum absolute atomic E-state index is 11.5. The Morgan fingerprint density at radius 2 is 1.41 bits per heavy atom. The van der Waals surface area contributed by atoms with Gasteiger partial charge in [0.05, 0.1) is 6.61 Å². The summed E-state index contributed by atoms with van der Waals surface area (Å²) in [5, 5.41) is 2.72. The molecule has 0 heterocycles. The molecule has 4 heteroatoms. The van der Waals surface area contributed by atoms with Gasteiger partial charge in [0.15, 0.2) is 0 Å². The summed E-state index contributed by atoms with van der Waals surface area (Å²) in [6.07, 6.45) is 13.5. The van der Waals surface area contributed by atoms with Crippen LogP contribution in [0.4, 0.5) is 0 Å². The maximum Gasteiger partial charge on any atom is 0.305 e. The van der Waals surface area contributed by atoms with E-state index in [9.17, 15) is 9.59 Å². The molecule has 0 rings (SSSR count). The fraction of sp³-hybridized carbons (Fsp3) is 0.889. The number of hydrogen-bond donors (Lipinski definition) is 1. The standard InChI is InChI=1S/C18H35NO3/c1-3-4-5-6-7-8-9-10-13-16-22-18(21)14-11-12-15-19-17(2)20/h3-16H2,1-2H3,(H,19,20). The van der Waals surface area contributed by atoms with Gasteiger partial charge in [0.2, 0.25) is 5.91 Å². The lowest BCUT2D eigenvalue weighted by molar-refractivity contribution is -0.143. The molecule has 0 aromatic heterocycles. The Morgan fingerprint density at radius 3 is 2.00 bits per heavy atom. The Bertz CT molecular complexity index is 280. The highest BCUT2D eigenvalue weighted by atomic mass is 16.5. The van der Waals surface area contributed by atoms with E-state index in [2.05, 4.69) is 12.2 Å². The van der Waals surface area contributed by atoms with E-state index in [-0.39, 0.29) is 11.9 Å². The van der Waals surface area contributed by atoms with E-state index in [0.717, 1.165) is 25.7 Å². The number of rotatable bonds is 15. The van der Waals surface area contributed by atoms with Crippen LogP contribution < -0.4 is 5.32 Å². The Labute approximate surface area is 136 Å². The largest absolute Gasteiger partial charge is 0.466 e. The van der Waals surface area contributed by atoms with Crippen LogP contribution in [0, 0.1) is 0 Å². The van der Waals surface area contributed by atoms with Crippen molar-refractivity contribution in [1.29, 1.82) is 0 Å². The molecule has 1 amide bonds. The Hall–Kier alpha value is -1.06. The number of carbonyl (C=O) groups excluding carboxylic acids is 2. The second-order valence-corrected chi connectivity index (χ2v) is 5.99. The third-order valence-corrected chi connectivity index (χ3v) is 3.69. The van der Waals surface area contributed by atoms with Gasteiger partial charge in [0.25, 0.3) is 0 Å². The number of amides is 1. The molecule has 0 aliphatic rings. The van der Waals surface area contributed by atoms with Crippen LogP contribution in [0.25, 0.3) is 0 Å². The molecule has 0 fully saturated rings. The zero-order chi connectivity index (χ0) is 16.5. The van der Waals surface area contributed by atoms with E-state index >= 15 is 0 Å². The summed E-state index contributed by atoms with van der Waals surface area (Å²) in [4.78, 5) is 22.1. The van der Waals surface area contributed by atoms with E-state index in [1.54, 1.807) is 0 Å². The Balaban J connectivity index is 3.16. The van der Waals surface area contributed by atoms with Crippen LogP contribution in [0.1, 0.15) is 90.9 Å². The van der Waals surface area contributed by atoms with Crippen molar-refractivity contribution < 1.29 is 14.3 Å². The lowest BCUT2D eigenvalue weighted by Gasteiger charge is -2.05. The lowest BCUT2D eigenvalue weighted by atomic mass is 10.1. The Kier molecular flexibility index (Phi) is 15.5. The molecule has 0 aliphatic heterocycles. The van der Waals surface area contributed by atoms with Crippen molar-refractivity contribution in [1.82, 2.24) is 5.32 Å². The topological polar surface area (TPSA) is 55.4 Å². The molecule has 130 valence electrons. The minimum atomic E-state index is -0.109. The molecule has 0 aromatic carbocycles. The van der Waals surface area contributed by atoms with Gasteiger partial charge in [-0.1, -0.05) is 58.3 Å². The van der Waals surface area contributed by atoms with Gasteiger partial charge in [0, 0.05) is 19.9 Å². The van der Waals surface area contributed by atoms with E-state index in [0.29, 0.717) is 19.6 Å². The molecule has 0 aromatic rings. The number of ether oxygens (including phenoxy) is 1. The molecule has 4 nitrogen and oxygen atoms in total. The molecule has 0 bridgehead atoms. The molecule has 0 saturated carbocycles. The normalized spacial score (nSPS) is 10.5. The third-order valence-electron chi connectivity index (χ3n) is 3.69. The van der Waals surface area contributed by atoms with E-state index in [4.69, 9.17) is 4.74 Å². The van der Waals surface area contributed by atoms with Crippen LogP contribution in [0.15, 0.2) is 0 Å². The summed E-state index contributed by atoms with van der Waals surface area (Å²) in [5.41, 5.74) is 0. The molecule has 0 atom stereocenters. The van der Waals surface area contributed by atoms with Crippen molar-refractivity contribution in [3.63, 3.8) is 0 Å². The zero-order valence-electron chi connectivity index (χ0n) is 14.6. The molecule has 0 spiro atoms. The highest BCUT2D eigenvalue weighted by Gasteiger charge is 2.02. The minimum absolute atomic E-state index is 0.0204. The Morgan fingerprint density at radius 1 is 0.818 bits per heavy atom. The van der Waals surface area contributed by atoms with Crippen molar-refractivity contribution in [2.24, 2.45) is 0 Å². The molecule has 0 saturated heterocycles. The van der Waals surface area contributed by atoms with Crippen LogP contribution in [-0.4, -0.2) is 25.0 Å². The number of hydrogen-bond acceptors (Lipinski definition) is 3. The van der Waals surface area contributed by atoms with Gasteiger partial charge in [-0.05, 0) is 19.3 Å². The SMILES string of the molecule is CCCCCCCCCCCOC(=O)CCCCNC(C)=O. The average Bonchev–Trinajstić information content (AvgIpc) is 2.48. The number of unbranched alkanes of at least 4 members (excludes halogenated alkanes) is 9. The summed E-state index contributed by atoms with van der Waals surface area (Å²) in [6.45, 7) is 4.94. The first-order valence-corrected chi connectivity index (χ1v) is 9.07. The van der Waals surface area contributed by atoms with Crippen molar-refractivity contribution in [3.8, 4) is 0 Å². The second kappa shape index (κ2) is 16.3. The van der Waals surface area contributed by atoms with E-state index < -0.39 is 0 Å². The van der Waals surface area contributed by atoms with Crippen LogP contribution in [-0.2, 0) is 14.3 Å². The summed E-state index contributed by atoms with van der Waals surface area (Å²) in [6, 6.07) is 0. The van der Waals surface area contributed by atoms with Gasteiger partial charge in [-0.25, -0.2) is 0 Å². The summed E-state index contributed by atoms with van der Waals surface area (Å²) < 4.78 is 5.20. The maximum atomic E-state index is 11.5. The smallest absolute Gasteiger partial charge is 0.305 e. The van der Waals surface area contributed by atoms with Gasteiger partial charge >= 0.3 is 5.97 Å². The van der Waals surface area contributed by atoms with Crippen molar-refractivity contribution in [2.45, 2.75) is 90.9 Å². The van der Waals surface area contributed by atoms with Gasteiger partial charge in [-0.3, -0.25) is 9.59 Å². The average molecular weight is 313 g/mol. The van der Waals surface area contributed by atoms with E-state index in [1.807, 2.05) is 0 Å². The van der Waals surface area contributed by atoms with Crippen LogP contribution in [0.5, 0.6) is 0 Å². The lowest BCUT2D eigenvalue weighted by Crippen LogP contribution is -2.21. The molecule has 1 N–H and O–H groups in total. The molecule has 22 heavy (non-hydrogen) atoms. The first-order chi connectivity index (χ1) is 10.7. The minimum Gasteiger partial charge on any atom is -0.466 e. The van der Waals surface area contributed by atoms with Gasteiger partial charge in [0.1, 0.15) is 0 Å². The highest BCUT2D eigenvalue weighted by molar-refractivity contribution is 5.72. The van der Waals surface area contributed by atoms with Crippen molar-refractivity contribution in [2.75, 3.05) is 13.2 Å². The molecular weight excluding hydrogens is 278 g/mol.